The molecule has 0 heterocycles. The SMILES string of the molecule is CCN(CC)C(=O)[C@H](O)C(C)(C)COC(=O)/C=C/C(=O)OCC(C)(C)[C@@H](O)C(=O)N(CC)CC. The molecule has 0 aliphatic carbocycles. The first-order valence-corrected chi connectivity index (χ1v) is 11.6. The molecule has 10 heteroatoms. The summed E-state index contributed by atoms with van der Waals surface area (Å²) in [5.74, 6) is -2.59. The summed E-state index contributed by atoms with van der Waals surface area (Å²) in [6, 6.07) is 0. The van der Waals surface area contributed by atoms with Crippen molar-refractivity contribution in [2.24, 2.45) is 10.8 Å². The molecule has 2 amide bonds. The Hall–Kier alpha value is -2.46. The number of rotatable bonds is 14. The van der Waals surface area contributed by atoms with Gasteiger partial charge in [0.1, 0.15) is 12.2 Å². The molecule has 0 saturated carbocycles. The molecular weight excluding hydrogens is 444 g/mol. The second kappa shape index (κ2) is 14.1. The van der Waals surface area contributed by atoms with Crippen LogP contribution >= 0.6 is 0 Å². The van der Waals surface area contributed by atoms with Crippen molar-refractivity contribution in [2.75, 3.05) is 39.4 Å². The molecule has 34 heavy (non-hydrogen) atoms. The van der Waals surface area contributed by atoms with Crippen LogP contribution in [0.5, 0.6) is 0 Å². The molecule has 2 atom stereocenters. The fourth-order valence-electron chi connectivity index (χ4n) is 2.99. The molecule has 0 aromatic heterocycles. The van der Waals surface area contributed by atoms with E-state index in [2.05, 4.69) is 0 Å². The Morgan fingerprint density at radius 2 is 0.941 bits per heavy atom. The van der Waals surface area contributed by atoms with Crippen LogP contribution in [0.25, 0.3) is 0 Å². The quantitative estimate of drug-likeness (QED) is 0.276. The molecule has 0 radical (unpaired) electrons. The number of aliphatic hydroxyl groups is 2. The van der Waals surface area contributed by atoms with Crippen molar-refractivity contribution in [2.45, 2.75) is 67.6 Å². The fourth-order valence-corrected chi connectivity index (χ4v) is 2.99. The maximum absolute atomic E-state index is 12.3. The Bertz CT molecular complexity index is 664. The van der Waals surface area contributed by atoms with Crippen molar-refractivity contribution in [1.82, 2.24) is 9.80 Å². The number of esters is 2. The van der Waals surface area contributed by atoms with E-state index in [1.807, 2.05) is 0 Å². The zero-order valence-corrected chi connectivity index (χ0v) is 21.8. The number of amides is 2. The molecule has 0 aromatic carbocycles. The van der Waals surface area contributed by atoms with E-state index >= 15 is 0 Å². The lowest BCUT2D eigenvalue weighted by Crippen LogP contribution is -2.48. The number of hydrogen-bond donors (Lipinski definition) is 2. The lowest BCUT2D eigenvalue weighted by Gasteiger charge is -2.32. The number of likely N-dealkylation sites (N-methyl/N-ethyl adjacent to an activating group) is 2. The summed E-state index contributed by atoms with van der Waals surface area (Å²) >= 11 is 0. The van der Waals surface area contributed by atoms with Crippen LogP contribution in [0, 0.1) is 10.8 Å². The van der Waals surface area contributed by atoms with Gasteiger partial charge < -0.3 is 29.5 Å². The molecule has 0 spiro atoms. The number of nitrogens with zero attached hydrogens (tertiary/aromatic N) is 2. The van der Waals surface area contributed by atoms with Crippen LogP contribution in [0.4, 0.5) is 0 Å². The van der Waals surface area contributed by atoms with E-state index in [-0.39, 0.29) is 13.2 Å². The first-order chi connectivity index (χ1) is 15.7. The van der Waals surface area contributed by atoms with Gasteiger partial charge in [-0.05, 0) is 27.7 Å². The summed E-state index contributed by atoms with van der Waals surface area (Å²) in [4.78, 5) is 51.6. The molecule has 0 aliphatic heterocycles. The van der Waals surface area contributed by atoms with Gasteiger partial charge in [-0.1, -0.05) is 27.7 Å². The minimum Gasteiger partial charge on any atom is -0.462 e. The molecule has 0 fully saturated rings. The highest BCUT2D eigenvalue weighted by atomic mass is 16.5. The molecule has 0 unspecified atom stereocenters. The highest BCUT2D eigenvalue weighted by molar-refractivity contribution is 5.91. The maximum atomic E-state index is 12.3. The van der Waals surface area contributed by atoms with E-state index in [9.17, 15) is 29.4 Å². The average Bonchev–Trinajstić information content (AvgIpc) is 2.80. The second-order valence-corrected chi connectivity index (χ2v) is 9.35. The summed E-state index contributed by atoms with van der Waals surface area (Å²) in [6.07, 6.45) is -0.966. The van der Waals surface area contributed by atoms with E-state index in [1.165, 1.54) is 9.80 Å². The third kappa shape index (κ3) is 9.42. The molecular formula is C24H42N2O8. The monoisotopic (exact) mass is 486 g/mol. The third-order valence-electron chi connectivity index (χ3n) is 5.63. The van der Waals surface area contributed by atoms with Gasteiger partial charge in [-0.25, -0.2) is 9.59 Å². The molecule has 0 bridgehead atoms. The van der Waals surface area contributed by atoms with Gasteiger partial charge in [-0.2, -0.15) is 0 Å². The Morgan fingerprint density at radius 1 is 0.676 bits per heavy atom. The zero-order valence-electron chi connectivity index (χ0n) is 21.8. The van der Waals surface area contributed by atoms with Gasteiger partial charge in [0.2, 0.25) is 0 Å². The number of hydrogen-bond acceptors (Lipinski definition) is 8. The van der Waals surface area contributed by atoms with Crippen molar-refractivity contribution >= 4 is 23.8 Å². The van der Waals surface area contributed by atoms with Crippen LogP contribution in [0.2, 0.25) is 0 Å². The summed E-state index contributed by atoms with van der Waals surface area (Å²) in [5, 5.41) is 20.8. The van der Waals surface area contributed by atoms with Crippen LogP contribution < -0.4 is 0 Å². The Labute approximate surface area is 202 Å². The van der Waals surface area contributed by atoms with Crippen LogP contribution in [0.1, 0.15) is 55.4 Å². The van der Waals surface area contributed by atoms with Gasteiger partial charge in [-0.15, -0.1) is 0 Å². The number of carbonyl (C=O) groups is 4. The largest absolute Gasteiger partial charge is 0.462 e. The highest BCUT2D eigenvalue weighted by Crippen LogP contribution is 2.24. The first kappa shape index (κ1) is 31.5. The van der Waals surface area contributed by atoms with Gasteiger partial charge in [0.25, 0.3) is 11.8 Å². The van der Waals surface area contributed by atoms with E-state index in [4.69, 9.17) is 9.47 Å². The van der Waals surface area contributed by atoms with E-state index in [1.54, 1.807) is 55.4 Å². The van der Waals surface area contributed by atoms with Crippen molar-refractivity contribution < 1.29 is 38.9 Å². The van der Waals surface area contributed by atoms with Gasteiger partial charge in [0.15, 0.2) is 0 Å². The Balaban J connectivity index is 4.80. The first-order valence-electron chi connectivity index (χ1n) is 11.6. The molecule has 0 aromatic rings. The predicted octanol–water partition coefficient (Wildman–Crippen LogP) is 1.14. The predicted molar refractivity (Wildman–Crippen MR) is 126 cm³/mol. The van der Waals surface area contributed by atoms with Crippen molar-refractivity contribution in [3.8, 4) is 0 Å². The van der Waals surface area contributed by atoms with Crippen LogP contribution in [-0.4, -0.2) is 95.4 Å². The van der Waals surface area contributed by atoms with Crippen molar-refractivity contribution in [3.05, 3.63) is 12.2 Å². The summed E-state index contributed by atoms with van der Waals surface area (Å²) < 4.78 is 10.2. The molecule has 196 valence electrons. The number of carbonyl (C=O) groups excluding carboxylic acids is 4. The molecule has 0 saturated heterocycles. The van der Waals surface area contributed by atoms with E-state index < -0.39 is 46.8 Å². The topological polar surface area (TPSA) is 134 Å². The highest BCUT2D eigenvalue weighted by Gasteiger charge is 2.37. The third-order valence-corrected chi connectivity index (χ3v) is 5.63. The number of aliphatic hydroxyl groups excluding tert-OH is 2. The van der Waals surface area contributed by atoms with Gasteiger partial charge in [-0.3, -0.25) is 9.59 Å². The average molecular weight is 487 g/mol. The second-order valence-electron chi connectivity index (χ2n) is 9.35. The smallest absolute Gasteiger partial charge is 0.331 e. The summed E-state index contributed by atoms with van der Waals surface area (Å²) in [5.41, 5.74) is -2.08. The van der Waals surface area contributed by atoms with E-state index in [0.29, 0.717) is 26.2 Å². The normalized spacial score (nSPS) is 13.8. The maximum Gasteiger partial charge on any atom is 0.331 e. The number of ether oxygens (including phenoxy) is 2. The zero-order chi connectivity index (χ0) is 26.7. The molecule has 10 nitrogen and oxygen atoms in total. The van der Waals surface area contributed by atoms with Crippen molar-refractivity contribution in [3.63, 3.8) is 0 Å². The molecule has 0 rings (SSSR count). The van der Waals surface area contributed by atoms with Crippen molar-refractivity contribution in [1.29, 1.82) is 0 Å². The minimum absolute atomic E-state index is 0.244. The minimum atomic E-state index is -1.36. The Morgan fingerprint density at radius 3 is 1.18 bits per heavy atom. The summed E-state index contributed by atoms with van der Waals surface area (Å²) in [6.45, 7) is 14.9. The van der Waals surface area contributed by atoms with Gasteiger partial charge >= 0.3 is 11.9 Å². The van der Waals surface area contributed by atoms with Crippen LogP contribution in [-0.2, 0) is 28.7 Å². The van der Waals surface area contributed by atoms with Gasteiger partial charge in [0, 0.05) is 49.2 Å². The lowest BCUT2D eigenvalue weighted by molar-refractivity contribution is -0.155. The standard InChI is InChI=1S/C24H42N2O8/c1-9-25(10-2)21(31)19(29)23(5,6)15-33-17(27)13-14-18(28)34-16-24(7,8)20(30)22(32)26(11-3)12-4/h13-14,19-20,29-30H,9-12,15-16H2,1-8H3/b14-13+/t19-,20-/m0/s1. The summed E-state index contributed by atoms with van der Waals surface area (Å²) in [7, 11) is 0. The van der Waals surface area contributed by atoms with E-state index in [0.717, 1.165) is 12.2 Å². The lowest BCUT2D eigenvalue weighted by atomic mass is 9.86. The molecule has 0 aliphatic rings. The van der Waals surface area contributed by atoms with Gasteiger partial charge in [0.05, 0.1) is 13.2 Å². The van der Waals surface area contributed by atoms with Crippen LogP contribution in [0.3, 0.4) is 0 Å². The molecule has 2 N–H and O–H groups in total. The Kier molecular flexibility index (Phi) is 13.0. The van der Waals surface area contributed by atoms with Crippen LogP contribution in [0.15, 0.2) is 12.2 Å². The fraction of sp³-hybridized carbons (Fsp3) is 0.750.